The van der Waals surface area contributed by atoms with E-state index in [1.54, 1.807) is 64.1 Å². The predicted molar refractivity (Wildman–Crippen MR) is 260 cm³/mol. The molecule has 4 fully saturated rings. The van der Waals surface area contributed by atoms with Crippen molar-refractivity contribution in [3.63, 3.8) is 0 Å². The summed E-state index contributed by atoms with van der Waals surface area (Å²) in [6.07, 6.45) is -2.67. The monoisotopic (exact) mass is 1020 g/mol. The first-order chi connectivity index (χ1) is 34.8. The van der Waals surface area contributed by atoms with E-state index in [-0.39, 0.29) is 51.5 Å². The van der Waals surface area contributed by atoms with Gasteiger partial charge in [0.25, 0.3) is 0 Å². The molecule has 2 aromatic heterocycles. The van der Waals surface area contributed by atoms with Crippen LogP contribution in [0.1, 0.15) is 62.8 Å². The molecular weight excluding hydrogens is 961 g/mol. The number of hydrogen-bond acceptors (Lipinski definition) is 22. The van der Waals surface area contributed by atoms with Crippen LogP contribution in [-0.4, -0.2) is 124 Å². The first kappa shape index (κ1) is 53.4. The second kappa shape index (κ2) is 21.8. The Balaban J connectivity index is 0.000000214. The molecule has 1 N–H and O–H groups in total. The SMILES string of the molecule is C=CCOc1c(C(C)=NOC)c(=O)oc2c(C)c(OC3O[C@@](C)(CC=C)[C@H](OC)[C@H]4OC(=O)O[C@@H]34)ccc12.C=CC[C@]1(C)OC(Oc2ccc3c(O)c(C(C)=NOC)c(=O)oc3c2C)[C@@H]2OC(=O)O[C@@H]2[C@H]1OC. The van der Waals surface area contributed by atoms with Gasteiger partial charge in [0.2, 0.25) is 24.8 Å². The van der Waals surface area contributed by atoms with Crippen molar-refractivity contribution < 1.29 is 85.3 Å². The van der Waals surface area contributed by atoms with E-state index in [4.69, 9.17) is 70.6 Å². The van der Waals surface area contributed by atoms with E-state index in [1.165, 1.54) is 41.4 Å². The largest absolute Gasteiger partial charge is 0.509 e. The summed E-state index contributed by atoms with van der Waals surface area (Å²) in [6, 6.07) is 6.51. The number of oxime groups is 2. The van der Waals surface area contributed by atoms with Gasteiger partial charge in [0, 0.05) is 25.3 Å². The summed E-state index contributed by atoms with van der Waals surface area (Å²) in [5.74, 6) is 0.614. The molecule has 10 atom stereocenters. The molecule has 2 aromatic carbocycles. The normalized spacial score (nSPS) is 27.5. The van der Waals surface area contributed by atoms with E-state index in [0.29, 0.717) is 46.6 Å². The lowest BCUT2D eigenvalue weighted by atomic mass is 9.85. The van der Waals surface area contributed by atoms with Crippen LogP contribution in [-0.2, 0) is 47.6 Å². The summed E-state index contributed by atoms with van der Waals surface area (Å²) in [5, 5.41) is 19.1. The highest BCUT2D eigenvalue weighted by atomic mass is 16.8. The van der Waals surface area contributed by atoms with Crippen molar-refractivity contribution in [2.45, 2.75) is 115 Å². The molecule has 0 saturated carbocycles. The molecule has 4 aliphatic rings. The van der Waals surface area contributed by atoms with Gasteiger partial charge in [-0.15, -0.1) is 13.2 Å². The average molecular weight is 1020 g/mol. The molecule has 2 unspecified atom stereocenters. The predicted octanol–water partition coefficient (Wildman–Crippen LogP) is 7.19. The third-order valence-corrected chi connectivity index (χ3v) is 12.8. The molecular formula is C51H58N2O20. The van der Waals surface area contributed by atoms with Crippen molar-refractivity contribution in [2.24, 2.45) is 10.3 Å². The third kappa shape index (κ3) is 10.1. The van der Waals surface area contributed by atoms with Gasteiger partial charge >= 0.3 is 23.6 Å². The zero-order chi connectivity index (χ0) is 53.1. The Labute approximate surface area is 418 Å². The second-order valence-corrected chi connectivity index (χ2v) is 17.6. The first-order valence-electron chi connectivity index (χ1n) is 22.8. The highest BCUT2D eigenvalue weighted by Gasteiger charge is 2.61. The number of methoxy groups -OCH3 is 2. The third-order valence-electron chi connectivity index (χ3n) is 12.8. The standard InChI is InChI=1S/C27H31NO10.C24H27NO10/c1-8-12-27(5)23(31-6)21-22(37-26(30)36-21)25(38-27)34-17-11-10-16-19(14(17)3)35-24(29)18(15(4)28-32-7)20(16)33-13-9-2;1-7-10-24(4)20(29-5)18-19(34-23(28)33-18)22(35-24)31-14-9-8-13-16(26)15(12(3)25-30-6)21(27)32-17(13)11(14)2/h8-11,21-23,25H,1-2,12-13H2,3-7H3;7-9,18-20,22,26H,1,10H2,2-6H3/t21-,22+,23+,25?,27-;18-,19+,20+,22?,24-/m00/s1. The van der Waals surface area contributed by atoms with Gasteiger partial charge in [-0.1, -0.05) is 35.1 Å². The Kier molecular flexibility index (Phi) is 15.9. The maximum Gasteiger partial charge on any atom is 0.509 e. The van der Waals surface area contributed by atoms with Crippen molar-refractivity contribution in [1.29, 1.82) is 0 Å². The number of hydrogen-bond donors (Lipinski definition) is 1. The van der Waals surface area contributed by atoms with Crippen molar-refractivity contribution >= 4 is 45.7 Å². The number of aryl methyl sites for hydroxylation is 2. The number of ether oxygens (including phenoxy) is 11. The van der Waals surface area contributed by atoms with E-state index < -0.39 is 84.0 Å². The fourth-order valence-corrected chi connectivity index (χ4v) is 9.52. The zero-order valence-electron chi connectivity index (χ0n) is 42.0. The summed E-state index contributed by atoms with van der Waals surface area (Å²) in [7, 11) is 5.71. The summed E-state index contributed by atoms with van der Waals surface area (Å²) in [6.45, 7) is 21.5. The maximum absolute atomic E-state index is 13.0. The Morgan fingerprint density at radius 1 is 0.644 bits per heavy atom. The van der Waals surface area contributed by atoms with Crippen molar-refractivity contribution in [3.05, 3.63) is 105 Å². The molecule has 22 nitrogen and oxygen atoms in total. The van der Waals surface area contributed by atoms with Gasteiger partial charge in [-0.3, -0.25) is 0 Å². The summed E-state index contributed by atoms with van der Waals surface area (Å²) >= 11 is 0. The van der Waals surface area contributed by atoms with Crippen LogP contribution < -0.4 is 25.5 Å². The van der Waals surface area contributed by atoms with Gasteiger partial charge in [0.05, 0.1) is 22.2 Å². The maximum atomic E-state index is 13.0. The highest BCUT2D eigenvalue weighted by Crippen LogP contribution is 2.44. The Bertz CT molecular complexity index is 2980. The Morgan fingerprint density at radius 3 is 1.51 bits per heavy atom. The van der Waals surface area contributed by atoms with Crippen LogP contribution in [0.3, 0.4) is 0 Å². The molecule has 0 radical (unpaired) electrons. The molecule has 6 heterocycles. The van der Waals surface area contributed by atoms with E-state index in [1.807, 2.05) is 6.92 Å². The van der Waals surface area contributed by atoms with Crippen molar-refractivity contribution in [2.75, 3.05) is 35.0 Å². The number of nitrogens with zero attached hydrogens (tertiary/aromatic N) is 2. The molecule has 4 aliphatic heterocycles. The smallest absolute Gasteiger partial charge is 0.506 e. The zero-order valence-corrected chi connectivity index (χ0v) is 42.0. The lowest BCUT2D eigenvalue weighted by Gasteiger charge is -2.46. The summed E-state index contributed by atoms with van der Waals surface area (Å²) in [4.78, 5) is 59.2. The summed E-state index contributed by atoms with van der Waals surface area (Å²) in [5.41, 5.74) is -1.53. The van der Waals surface area contributed by atoms with E-state index in [2.05, 4.69) is 30.0 Å². The van der Waals surface area contributed by atoms with Gasteiger partial charge in [-0.05, 0) is 78.6 Å². The van der Waals surface area contributed by atoms with Crippen LogP contribution >= 0.6 is 0 Å². The number of fused-ring (bicyclic) bond motifs is 4. The van der Waals surface area contributed by atoms with Crippen LogP contribution in [0.25, 0.3) is 21.9 Å². The summed E-state index contributed by atoms with van der Waals surface area (Å²) < 4.78 is 74.7. The number of carbonyl (C=O) groups excluding carboxylic acids is 2. The van der Waals surface area contributed by atoms with Crippen LogP contribution in [0.4, 0.5) is 9.59 Å². The van der Waals surface area contributed by atoms with Gasteiger partial charge in [-0.2, -0.15) is 0 Å². The van der Waals surface area contributed by atoms with Crippen LogP contribution in [0.2, 0.25) is 0 Å². The second-order valence-electron chi connectivity index (χ2n) is 17.6. The minimum absolute atomic E-state index is 0.105. The van der Waals surface area contributed by atoms with E-state index in [0.717, 1.165) is 0 Å². The molecule has 73 heavy (non-hydrogen) atoms. The Morgan fingerprint density at radius 2 is 1.07 bits per heavy atom. The van der Waals surface area contributed by atoms with Crippen molar-refractivity contribution in [3.8, 4) is 23.0 Å². The lowest BCUT2D eigenvalue weighted by Crippen LogP contribution is -2.63. The Hall–Kier alpha value is -7.40. The first-order valence-corrected chi connectivity index (χ1v) is 22.8. The van der Waals surface area contributed by atoms with Crippen LogP contribution in [0.15, 0.2) is 91.0 Å². The minimum atomic E-state index is -1.06. The molecule has 8 rings (SSSR count). The minimum Gasteiger partial charge on any atom is -0.506 e. The molecule has 0 spiro atoms. The van der Waals surface area contributed by atoms with E-state index in [9.17, 15) is 24.3 Å². The van der Waals surface area contributed by atoms with Gasteiger partial charge in [-0.25, -0.2) is 19.2 Å². The van der Waals surface area contributed by atoms with Crippen molar-refractivity contribution in [1.82, 2.24) is 0 Å². The number of rotatable bonds is 17. The molecule has 4 saturated heterocycles. The fourth-order valence-electron chi connectivity index (χ4n) is 9.52. The topological polar surface area (TPSA) is 260 Å². The number of carbonyl (C=O) groups is 2. The molecule has 22 heteroatoms. The molecule has 4 aromatic rings. The number of benzene rings is 2. The average Bonchev–Trinajstić information content (AvgIpc) is 3.92. The molecule has 0 bridgehead atoms. The number of aromatic hydroxyl groups is 1. The van der Waals surface area contributed by atoms with Gasteiger partial charge in [0.15, 0.2) is 12.2 Å². The van der Waals surface area contributed by atoms with Crippen LogP contribution in [0, 0.1) is 13.8 Å². The fraction of sp³-hybridized carbons (Fsp3) is 0.451. The molecule has 0 aliphatic carbocycles. The van der Waals surface area contributed by atoms with Gasteiger partial charge < -0.3 is 75.7 Å². The highest BCUT2D eigenvalue weighted by molar-refractivity contribution is 6.06. The quantitative estimate of drug-likeness (QED) is 0.0361. The van der Waals surface area contributed by atoms with Crippen LogP contribution in [0.5, 0.6) is 23.0 Å². The molecule has 392 valence electrons. The lowest BCUT2D eigenvalue weighted by molar-refractivity contribution is -0.287. The molecule has 0 amide bonds. The van der Waals surface area contributed by atoms with Gasteiger partial charge in [0.1, 0.15) is 89.5 Å². The van der Waals surface area contributed by atoms with E-state index >= 15 is 0 Å².